The Morgan fingerprint density at radius 1 is 1.35 bits per heavy atom. The molecule has 1 amide bonds. The van der Waals surface area contributed by atoms with Gasteiger partial charge in [0.1, 0.15) is 5.75 Å². The van der Waals surface area contributed by atoms with Crippen molar-refractivity contribution < 1.29 is 17.9 Å². The number of nitrogens with zero attached hydrogens (tertiary/aromatic N) is 1. The summed E-state index contributed by atoms with van der Waals surface area (Å²) in [5.74, 6) is 0.918. The number of nitrogens with one attached hydrogen (secondary N) is 1. The van der Waals surface area contributed by atoms with Crippen LogP contribution in [0.15, 0.2) is 24.3 Å². The van der Waals surface area contributed by atoms with E-state index in [0.717, 1.165) is 11.3 Å². The lowest BCUT2D eigenvalue weighted by Gasteiger charge is -2.18. The van der Waals surface area contributed by atoms with E-state index in [1.165, 1.54) is 0 Å². The Hall–Kier alpha value is -1.60. The Bertz CT molecular complexity index is 628. The van der Waals surface area contributed by atoms with Gasteiger partial charge in [-0.25, -0.2) is 8.42 Å². The zero-order chi connectivity index (χ0) is 16.9. The van der Waals surface area contributed by atoms with Gasteiger partial charge >= 0.3 is 0 Å². The third-order valence-corrected chi connectivity index (χ3v) is 5.47. The largest absolute Gasteiger partial charge is 0.494 e. The minimum atomic E-state index is -2.97. The van der Waals surface area contributed by atoms with Crippen LogP contribution in [0, 0.1) is 0 Å². The standard InChI is InChI=1S/C16H24N2O4S/c1-3-22-15-6-4-13(5-7-15)10-18(2)11-16(19)17-14-8-9-23(20,21)12-14/h4-7,14H,3,8-12H2,1-2H3,(H,17,19). The first-order valence-corrected chi connectivity index (χ1v) is 9.60. The highest BCUT2D eigenvalue weighted by Crippen LogP contribution is 2.13. The van der Waals surface area contributed by atoms with Crippen LogP contribution in [0.1, 0.15) is 18.9 Å². The van der Waals surface area contributed by atoms with E-state index in [1.54, 1.807) is 0 Å². The Labute approximate surface area is 137 Å². The number of benzene rings is 1. The molecule has 1 aromatic rings. The maximum atomic E-state index is 12.0. The van der Waals surface area contributed by atoms with Crippen molar-refractivity contribution in [1.82, 2.24) is 10.2 Å². The highest BCUT2D eigenvalue weighted by atomic mass is 32.2. The van der Waals surface area contributed by atoms with Crippen LogP contribution in [0.4, 0.5) is 0 Å². The van der Waals surface area contributed by atoms with Crippen molar-refractivity contribution in [3.05, 3.63) is 29.8 Å². The number of sulfone groups is 1. The summed E-state index contributed by atoms with van der Waals surface area (Å²) in [6.45, 7) is 3.46. The minimum Gasteiger partial charge on any atom is -0.494 e. The van der Waals surface area contributed by atoms with Crippen LogP contribution in [0.3, 0.4) is 0 Å². The lowest BCUT2D eigenvalue weighted by Crippen LogP contribution is -2.41. The predicted octanol–water partition coefficient (Wildman–Crippen LogP) is 0.820. The average molecular weight is 340 g/mol. The highest BCUT2D eigenvalue weighted by molar-refractivity contribution is 7.91. The molecule has 0 bridgehead atoms. The summed E-state index contributed by atoms with van der Waals surface area (Å²) in [6.07, 6.45) is 0.511. The molecule has 1 unspecified atom stereocenters. The van der Waals surface area contributed by atoms with E-state index in [-0.39, 0.29) is 30.0 Å². The number of hydrogen-bond acceptors (Lipinski definition) is 5. The fraction of sp³-hybridized carbons (Fsp3) is 0.562. The van der Waals surface area contributed by atoms with Gasteiger partial charge in [-0.15, -0.1) is 0 Å². The second-order valence-corrected chi connectivity index (χ2v) is 8.15. The average Bonchev–Trinajstić information content (AvgIpc) is 2.80. The second kappa shape index (κ2) is 7.79. The van der Waals surface area contributed by atoms with E-state index >= 15 is 0 Å². The van der Waals surface area contributed by atoms with E-state index in [1.807, 2.05) is 43.1 Å². The zero-order valence-corrected chi connectivity index (χ0v) is 14.4. The van der Waals surface area contributed by atoms with Gasteiger partial charge in [-0.3, -0.25) is 9.69 Å². The molecule has 0 spiro atoms. The molecular formula is C16H24N2O4S. The van der Waals surface area contributed by atoms with Gasteiger partial charge in [0.05, 0.1) is 24.7 Å². The van der Waals surface area contributed by atoms with Gasteiger partial charge in [0.25, 0.3) is 0 Å². The molecule has 0 saturated carbocycles. The van der Waals surface area contributed by atoms with E-state index < -0.39 is 9.84 Å². The summed E-state index contributed by atoms with van der Waals surface area (Å²) in [5.41, 5.74) is 1.09. The third kappa shape index (κ3) is 5.84. The summed E-state index contributed by atoms with van der Waals surface area (Å²) >= 11 is 0. The molecule has 2 rings (SSSR count). The number of carbonyl (C=O) groups is 1. The Morgan fingerprint density at radius 2 is 2.04 bits per heavy atom. The predicted molar refractivity (Wildman–Crippen MR) is 89.1 cm³/mol. The molecule has 1 fully saturated rings. The van der Waals surface area contributed by atoms with Crippen molar-refractivity contribution in [1.29, 1.82) is 0 Å². The van der Waals surface area contributed by atoms with Crippen LogP contribution in [-0.2, 0) is 21.2 Å². The minimum absolute atomic E-state index is 0.0569. The molecule has 1 atom stereocenters. The van der Waals surface area contributed by atoms with Crippen LogP contribution < -0.4 is 10.1 Å². The van der Waals surface area contributed by atoms with Crippen LogP contribution in [-0.4, -0.2) is 57.0 Å². The van der Waals surface area contributed by atoms with Crippen LogP contribution in [0.5, 0.6) is 5.75 Å². The molecular weight excluding hydrogens is 316 g/mol. The van der Waals surface area contributed by atoms with Gasteiger partial charge in [-0.1, -0.05) is 12.1 Å². The molecule has 23 heavy (non-hydrogen) atoms. The van der Waals surface area contributed by atoms with Crippen molar-refractivity contribution in [3.63, 3.8) is 0 Å². The van der Waals surface area contributed by atoms with Gasteiger partial charge in [0.2, 0.25) is 5.91 Å². The molecule has 6 nitrogen and oxygen atoms in total. The Kier molecular flexibility index (Phi) is 6.01. The topological polar surface area (TPSA) is 75.7 Å². The number of hydrogen-bond donors (Lipinski definition) is 1. The van der Waals surface area contributed by atoms with Crippen LogP contribution in [0.2, 0.25) is 0 Å². The van der Waals surface area contributed by atoms with E-state index in [4.69, 9.17) is 4.74 Å². The lowest BCUT2D eigenvalue weighted by molar-refractivity contribution is -0.122. The normalized spacial score (nSPS) is 19.7. The molecule has 0 aromatic heterocycles. The summed E-state index contributed by atoms with van der Waals surface area (Å²) in [4.78, 5) is 13.9. The molecule has 0 aliphatic carbocycles. The fourth-order valence-electron chi connectivity index (χ4n) is 2.65. The van der Waals surface area contributed by atoms with Crippen molar-refractivity contribution in [2.24, 2.45) is 0 Å². The zero-order valence-electron chi connectivity index (χ0n) is 13.6. The van der Waals surface area contributed by atoms with E-state index in [0.29, 0.717) is 19.6 Å². The summed E-state index contributed by atoms with van der Waals surface area (Å²) in [5, 5.41) is 2.80. The molecule has 128 valence electrons. The fourth-order valence-corrected chi connectivity index (χ4v) is 4.33. The Balaban J connectivity index is 1.77. The van der Waals surface area contributed by atoms with Gasteiger partial charge in [-0.05, 0) is 38.1 Å². The first kappa shape index (κ1) is 17.7. The van der Waals surface area contributed by atoms with Gasteiger partial charge in [0, 0.05) is 12.6 Å². The van der Waals surface area contributed by atoms with Crippen molar-refractivity contribution >= 4 is 15.7 Å². The van der Waals surface area contributed by atoms with Gasteiger partial charge in [0.15, 0.2) is 9.84 Å². The van der Waals surface area contributed by atoms with Crippen LogP contribution in [0.25, 0.3) is 0 Å². The lowest BCUT2D eigenvalue weighted by atomic mass is 10.2. The van der Waals surface area contributed by atoms with E-state index in [2.05, 4.69) is 5.32 Å². The second-order valence-electron chi connectivity index (χ2n) is 5.92. The first-order valence-electron chi connectivity index (χ1n) is 7.78. The number of carbonyl (C=O) groups excluding carboxylic acids is 1. The van der Waals surface area contributed by atoms with Crippen LogP contribution >= 0.6 is 0 Å². The molecule has 1 N–H and O–H groups in total. The molecule has 7 heteroatoms. The summed E-state index contributed by atoms with van der Waals surface area (Å²) in [6, 6.07) is 7.53. The number of ether oxygens (including phenoxy) is 1. The maximum Gasteiger partial charge on any atom is 0.234 e. The molecule has 1 aliphatic rings. The molecule has 1 aromatic carbocycles. The first-order chi connectivity index (χ1) is 10.9. The summed E-state index contributed by atoms with van der Waals surface area (Å²) < 4.78 is 28.2. The van der Waals surface area contributed by atoms with Crippen molar-refractivity contribution in [3.8, 4) is 5.75 Å². The SMILES string of the molecule is CCOc1ccc(CN(C)CC(=O)NC2CCS(=O)(=O)C2)cc1. The quantitative estimate of drug-likeness (QED) is 0.795. The molecule has 1 heterocycles. The Morgan fingerprint density at radius 3 is 2.61 bits per heavy atom. The van der Waals surface area contributed by atoms with Gasteiger partial charge < -0.3 is 10.1 Å². The summed E-state index contributed by atoms with van der Waals surface area (Å²) in [7, 11) is -1.10. The molecule has 1 saturated heterocycles. The maximum absolute atomic E-state index is 12.0. The monoisotopic (exact) mass is 340 g/mol. The number of amides is 1. The highest BCUT2D eigenvalue weighted by Gasteiger charge is 2.28. The third-order valence-electron chi connectivity index (χ3n) is 3.70. The van der Waals surface area contributed by atoms with Gasteiger partial charge in [-0.2, -0.15) is 0 Å². The molecule has 0 radical (unpaired) electrons. The number of rotatable bonds is 7. The van der Waals surface area contributed by atoms with Crippen molar-refractivity contribution in [2.45, 2.75) is 25.9 Å². The molecule has 1 aliphatic heterocycles. The smallest absolute Gasteiger partial charge is 0.234 e. The van der Waals surface area contributed by atoms with Crippen molar-refractivity contribution in [2.75, 3.05) is 31.7 Å². The number of likely N-dealkylation sites (N-methyl/N-ethyl adjacent to an activating group) is 1. The van der Waals surface area contributed by atoms with E-state index in [9.17, 15) is 13.2 Å².